The highest BCUT2D eigenvalue weighted by molar-refractivity contribution is 9.10. The maximum Gasteiger partial charge on any atom is 0.123 e. The van der Waals surface area contributed by atoms with E-state index >= 15 is 0 Å². The van der Waals surface area contributed by atoms with Crippen LogP contribution in [0.25, 0.3) is 0 Å². The predicted octanol–water partition coefficient (Wildman–Crippen LogP) is 3.51. The zero-order valence-electron chi connectivity index (χ0n) is 8.78. The van der Waals surface area contributed by atoms with E-state index in [0.29, 0.717) is 12.4 Å². The molecule has 1 heterocycles. The van der Waals surface area contributed by atoms with Crippen molar-refractivity contribution in [2.75, 3.05) is 0 Å². The third kappa shape index (κ3) is 2.64. The lowest BCUT2D eigenvalue weighted by Crippen LogP contribution is -1.94. The monoisotopic (exact) mass is 283 g/mol. The lowest BCUT2D eigenvalue weighted by Gasteiger charge is -2.03. The number of aromatic nitrogens is 1. The van der Waals surface area contributed by atoms with E-state index in [2.05, 4.69) is 15.9 Å². The van der Waals surface area contributed by atoms with E-state index in [4.69, 9.17) is 4.74 Å². The highest BCUT2D eigenvalue weighted by atomic mass is 79.9. The summed E-state index contributed by atoms with van der Waals surface area (Å²) >= 11 is 3.41. The third-order valence-corrected chi connectivity index (χ3v) is 3.01. The van der Waals surface area contributed by atoms with Gasteiger partial charge in [0.1, 0.15) is 18.2 Å². The van der Waals surface area contributed by atoms with Gasteiger partial charge in [-0.1, -0.05) is 0 Å². The first-order chi connectivity index (χ1) is 7.65. The number of nitrogens with zero attached hydrogens (tertiary/aromatic N) is 1. The van der Waals surface area contributed by atoms with E-state index in [1.54, 1.807) is 12.1 Å². The van der Waals surface area contributed by atoms with Gasteiger partial charge in [-0.25, -0.2) is 4.39 Å². The molecule has 4 heteroatoms. The number of benzene rings is 1. The standard InChI is InChI=1S/C12H11BrFNO/c1-15-7-9(6-12(15)13)8-16-11-4-2-10(14)3-5-11/h2-7H,8H2,1H3. The van der Waals surface area contributed by atoms with Crippen LogP contribution < -0.4 is 4.74 Å². The molecule has 0 amide bonds. The van der Waals surface area contributed by atoms with Crippen molar-refractivity contribution in [2.24, 2.45) is 7.05 Å². The first-order valence-corrected chi connectivity index (χ1v) is 5.63. The molecule has 2 rings (SSSR count). The topological polar surface area (TPSA) is 14.2 Å². The van der Waals surface area contributed by atoms with Gasteiger partial charge >= 0.3 is 0 Å². The lowest BCUT2D eigenvalue weighted by molar-refractivity contribution is 0.305. The molecule has 0 bridgehead atoms. The van der Waals surface area contributed by atoms with Crippen molar-refractivity contribution in [3.8, 4) is 5.75 Å². The fraction of sp³-hybridized carbons (Fsp3) is 0.167. The predicted molar refractivity (Wildman–Crippen MR) is 63.8 cm³/mol. The van der Waals surface area contributed by atoms with Gasteiger partial charge < -0.3 is 9.30 Å². The van der Waals surface area contributed by atoms with Gasteiger partial charge in [-0.15, -0.1) is 0 Å². The molecular weight excluding hydrogens is 273 g/mol. The molecule has 1 aromatic carbocycles. The summed E-state index contributed by atoms with van der Waals surface area (Å²) < 4.78 is 21.1. The van der Waals surface area contributed by atoms with E-state index in [1.165, 1.54) is 12.1 Å². The highest BCUT2D eigenvalue weighted by Crippen LogP contribution is 2.17. The third-order valence-electron chi connectivity index (χ3n) is 2.22. The van der Waals surface area contributed by atoms with E-state index in [-0.39, 0.29) is 5.82 Å². The van der Waals surface area contributed by atoms with Gasteiger partial charge in [0, 0.05) is 18.8 Å². The Hall–Kier alpha value is -1.29. The summed E-state index contributed by atoms with van der Waals surface area (Å²) in [5.74, 6) is 0.413. The van der Waals surface area contributed by atoms with Crippen molar-refractivity contribution in [3.05, 3.63) is 52.5 Å². The second-order valence-electron chi connectivity index (χ2n) is 3.52. The van der Waals surface area contributed by atoms with Gasteiger partial charge in [0.15, 0.2) is 0 Å². The summed E-state index contributed by atoms with van der Waals surface area (Å²) in [4.78, 5) is 0. The lowest BCUT2D eigenvalue weighted by atomic mass is 10.3. The van der Waals surface area contributed by atoms with E-state index < -0.39 is 0 Å². The van der Waals surface area contributed by atoms with Crippen LogP contribution in [0.2, 0.25) is 0 Å². The summed E-state index contributed by atoms with van der Waals surface area (Å²) in [6.45, 7) is 0.477. The van der Waals surface area contributed by atoms with E-state index in [9.17, 15) is 4.39 Å². The largest absolute Gasteiger partial charge is 0.489 e. The molecular formula is C12H11BrFNO. The Bertz CT molecular complexity index is 459. The van der Waals surface area contributed by atoms with Crippen LogP contribution in [-0.4, -0.2) is 4.57 Å². The van der Waals surface area contributed by atoms with Crippen LogP contribution in [0.1, 0.15) is 5.56 Å². The van der Waals surface area contributed by atoms with E-state index in [1.807, 2.05) is 23.9 Å². The number of ether oxygens (including phenoxy) is 1. The van der Waals surface area contributed by atoms with Gasteiger partial charge in [-0.2, -0.15) is 0 Å². The molecule has 0 saturated carbocycles. The Kier molecular flexibility index (Phi) is 3.29. The fourth-order valence-corrected chi connectivity index (χ4v) is 1.78. The van der Waals surface area contributed by atoms with Crippen molar-refractivity contribution in [1.29, 1.82) is 0 Å². The van der Waals surface area contributed by atoms with Crippen LogP contribution in [0, 0.1) is 5.82 Å². The molecule has 0 N–H and O–H groups in total. The Morgan fingerprint density at radius 3 is 2.56 bits per heavy atom. The van der Waals surface area contributed by atoms with E-state index in [0.717, 1.165) is 10.2 Å². The minimum Gasteiger partial charge on any atom is -0.489 e. The SMILES string of the molecule is Cn1cc(COc2ccc(F)cc2)cc1Br. The van der Waals surface area contributed by atoms with Crippen LogP contribution in [0.4, 0.5) is 4.39 Å². The van der Waals surface area contributed by atoms with Crippen molar-refractivity contribution in [1.82, 2.24) is 4.57 Å². The molecule has 1 aromatic heterocycles. The van der Waals surface area contributed by atoms with Gasteiger partial charge in [0.05, 0.1) is 4.60 Å². The molecule has 0 aliphatic rings. The molecule has 84 valence electrons. The zero-order chi connectivity index (χ0) is 11.5. The van der Waals surface area contributed by atoms with Crippen LogP contribution in [0.5, 0.6) is 5.75 Å². The minimum absolute atomic E-state index is 0.255. The van der Waals surface area contributed by atoms with Crippen molar-refractivity contribution in [3.63, 3.8) is 0 Å². The molecule has 0 aliphatic heterocycles. The quantitative estimate of drug-likeness (QED) is 0.841. The molecule has 16 heavy (non-hydrogen) atoms. The molecule has 0 unspecified atom stereocenters. The van der Waals surface area contributed by atoms with Crippen LogP contribution in [-0.2, 0) is 13.7 Å². The van der Waals surface area contributed by atoms with Crippen molar-refractivity contribution in [2.45, 2.75) is 6.61 Å². The molecule has 0 radical (unpaired) electrons. The van der Waals surface area contributed by atoms with Crippen LogP contribution in [0.15, 0.2) is 41.1 Å². The van der Waals surface area contributed by atoms with Crippen molar-refractivity contribution < 1.29 is 9.13 Å². The number of rotatable bonds is 3. The number of hydrogen-bond donors (Lipinski definition) is 0. The number of halogens is 2. The molecule has 0 fully saturated rings. The van der Waals surface area contributed by atoms with Crippen molar-refractivity contribution >= 4 is 15.9 Å². The Morgan fingerprint density at radius 1 is 1.31 bits per heavy atom. The molecule has 2 nitrogen and oxygen atoms in total. The van der Waals surface area contributed by atoms with Gasteiger partial charge in [0.25, 0.3) is 0 Å². The summed E-state index contributed by atoms with van der Waals surface area (Å²) in [7, 11) is 1.95. The Labute approximate surface area is 102 Å². The second-order valence-corrected chi connectivity index (χ2v) is 4.34. The summed E-state index contributed by atoms with van der Waals surface area (Å²) in [5, 5.41) is 0. The normalized spacial score (nSPS) is 10.4. The van der Waals surface area contributed by atoms with Gasteiger partial charge in [0.2, 0.25) is 0 Å². The number of aryl methyl sites for hydroxylation is 1. The first-order valence-electron chi connectivity index (χ1n) is 4.84. The molecule has 0 spiro atoms. The smallest absolute Gasteiger partial charge is 0.123 e. The molecule has 0 aliphatic carbocycles. The summed E-state index contributed by atoms with van der Waals surface area (Å²) in [6.07, 6.45) is 1.98. The molecule has 0 saturated heterocycles. The Morgan fingerprint density at radius 2 is 2.00 bits per heavy atom. The molecule has 2 aromatic rings. The van der Waals surface area contributed by atoms with Gasteiger partial charge in [-0.05, 0) is 46.3 Å². The summed E-state index contributed by atoms with van der Waals surface area (Å²) in [5.41, 5.74) is 1.07. The average Bonchev–Trinajstić information content (AvgIpc) is 2.58. The Balaban J connectivity index is 1.99. The van der Waals surface area contributed by atoms with Crippen LogP contribution in [0.3, 0.4) is 0 Å². The average molecular weight is 284 g/mol. The van der Waals surface area contributed by atoms with Crippen LogP contribution >= 0.6 is 15.9 Å². The highest BCUT2D eigenvalue weighted by Gasteiger charge is 2.01. The fourth-order valence-electron chi connectivity index (χ4n) is 1.38. The molecule has 0 atom stereocenters. The minimum atomic E-state index is -0.255. The maximum atomic E-state index is 12.6. The first kappa shape index (κ1) is 11.2. The number of hydrogen-bond acceptors (Lipinski definition) is 1. The van der Waals surface area contributed by atoms with Gasteiger partial charge in [-0.3, -0.25) is 0 Å². The second kappa shape index (κ2) is 4.70. The maximum absolute atomic E-state index is 12.6. The summed E-state index contributed by atoms with van der Waals surface area (Å²) in [6, 6.07) is 8.00. The zero-order valence-corrected chi connectivity index (χ0v) is 10.4.